The maximum Gasteiger partial charge on any atom is 0.310 e. The molecule has 2 aromatic rings. The molecule has 2 nitrogen and oxygen atoms in total. The quantitative estimate of drug-likeness (QED) is 0.620. The second-order valence-corrected chi connectivity index (χ2v) is 6.50. The van der Waals surface area contributed by atoms with Gasteiger partial charge < -0.3 is 4.74 Å². The molecule has 4 rings (SSSR count). The van der Waals surface area contributed by atoms with E-state index in [0.717, 1.165) is 12.0 Å². The third kappa shape index (κ3) is 2.70. The lowest BCUT2D eigenvalue weighted by Crippen LogP contribution is -2.28. The zero-order chi connectivity index (χ0) is 15.6. The predicted molar refractivity (Wildman–Crippen MR) is 89.6 cm³/mol. The van der Waals surface area contributed by atoms with Crippen LogP contribution in [0.25, 0.3) is 0 Å². The van der Waals surface area contributed by atoms with Crippen molar-refractivity contribution in [3.63, 3.8) is 0 Å². The van der Waals surface area contributed by atoms with Crippen molar-refractivity contribution in [3.8, 4) is 0 Å². The number of rotatable bonds is 4. The number of hydrogen-bond acceptors (Lipinski definition) is 2. The Bertz CT molecular complexity index is 705. The monoisotopic (exact) mass is 304 g/mol. The van der Waals surface area contributed by atoms with Crippen molar-refractivity contribution in [1.82, 2.24) is 0 Å². The zero-order valence-corrected chi connectivity index (χ0v) is 13.0. The summed E-state index contributed by atoms with van der Waals surface area (Å²) in [5, 5.41) is 0. The minimum atomic E-state index is -0.0560. The Morgan fingerprint density at radius 3 is 2.30 bits per heavy atom. The molecular formula is C21H20O2. The maximum absolute atomic E-state index is 12.7. The number of benzene rings is 2. The minimum Gasteiger partial charge on any atom is -0.461 e. The number of allylic oxidation sites excluding steroid dienone is 2. The van der Waals surface area contributed by atoms with Crippen LogP contribution in [0.2, 0.25) is 0 Å². The summed E-state index contributed by atoms with van der Waals surface area (Å²) >= 11 is 0. The van der Waals surface area contributed by atoms with Gasteiger partial charge in [0.1, 0.15) is 6.61 Å². The van der Waals surface area contributed by atoms with Crippen LogP contribution in [0, 0.1) is 17.8 Å². The van der Waals surface area contributed by atoms with Gasteiger partial charge in [-0.15, -0.1) is 0 Å². The molecule has 0 amide bonds. The highest BCUT2D eigenvalue weighted by molar-refractivity contribution is 5.76. The van der Waals surface area contributed by atoms with Gasteiger partial charge in [0.2, 0.25) is 0 Å². The average molecular weight is 304 g/mol. The van der Waals surface area contributed by atoms with Crippen LogP contribution >= 0.6 is 0 Å². The third-order valence-corrected chi connectivity index (χ3v) is 5.14. The van der Waals surface area contributed by atoms with E-state index in [1.807, 2.05) is 36.4 Å². The van der Waals surface area contributed by atoms with Crippen LogP contribution in [0.1, 0.15) is 23.5 Å². The fourth-order valence-electron chi connectivity index (χ4n) is 4.10. The van der Waals surface area contributed by atoms with E-state index in [1.165, 1.54) is 5.56 Å². The first-order valence-electron chi connectivity index (χ1n) is 8.27. The molecule has 2 aromatic carbocycles. The van der Waals surface area contributed by atoms with Crippen molar-refractivity contribution in [1.29, 1.82) is 0 Å². The Morgan fingerprint density at radius 2 is 1.57 bits per heavy atom. The largest absolute Gasteiger partial charge is 0.461 e. The van der Waals surface area contributed by atoms with Crippen molar-refractivity contribution in [2.75, 3.05) is 0 Å². The van der Waals surface area contributed by atoms with Crippen LogP contribution in [0.4, 0.5) is 0 Å². The van der Waals surface area contributed by atoms with Crippen molar-refractivity contribution in [2.24, 2.45) is 17.8 Å². The first-order valence-corrected chi connectivity index (χ1v) is 8.27. The van der Waals surface area contributed by atoms with Gasteiger partial charge in [0, 0.05) is 5.92 Å². The number of hydrogen-bond donors (Lipinski definition) is 0. The second kappa shape index (κ2) is 6.04. The molecule has 4 atom stereocenters. The molecule has 0 aromatic heterocycles. The Morgan fingerprint density at radius 1 is 0.913 bits per heavy atom. The summed E-state index contributed by atoms with van der Waals surface area (Å²) in [4.78, 5) is 12.7. The van der Waals surface area contributed by atoms with Crippen LogP contribution in [0.5, 0.6) is 0 Å². The van der Waals surface area contributed by atoms with E-state index < -0.39 is 0 Å². The Kier molecular flexibility index (Phi) is 3.74. The highest BCUT2D eigenvalue weighted by atomic mass is 16.5. The minimum absolute atomic E-state index is 0.0453. The molecule has 2 aliphatic carbocycles. The highest BCUT2D eigenvalue weighted by Gasteiger charge is 2.49. The maximum atomic E-state index is 12.7. The molecule has 116 valence electrons. The number of carbonyl (C=O) groups is 1. The predicted octanol–water partition coefficient (Wildman–Crippen LogP) is 4.34. The molecule has 1 fully saturated rings. The highest BCUT2D eigenvalue weighted by Crippen LogP contribution is 2.53. The first kappa shape index (κ1) is 14.3. The molecule has 0 radical (unpaired) electrons. The first-order chi connectivity index (χ1) is 11.3. The van der Waals surface area contributed by atoms with Gasteiger partial charge in [-0.25, -0.2) is 0 Å². The van der Waals surface area contributed by atoms with Gasteiger partial charge in [-0.1, -0.05) is 72.8 Å². The van der Waals surface area contributed by atoms with Crippen LogP contribution in [-0.2, 0) is 16.1 Å². The number of esters is 1. The molecule has 2 heteroatoms. The molecule has 23 heavy (non-hydrogen) atoms. The fourth-order valence-corrected chi connectivity index (χ4v) is 4.10. The summed E-state index contributed by atoms with van der Waals surface area (Å²) in [6.45, 7) is 0.360. The van der Waals surface area contributed by atoms with E-state index >= 15 is 0 Å². The Balaban J connectivity index is 1.52. The van der Waals surface area contributed by atoms with Gasteiger partial charge in [0.15, 0.2) is 0 Å². The van der Waals surface area contributed by atoms with Crippen LogP contribution in [-0.4, -0.2) is 5.97 Å². The Hall–Kier alpha value is -2.35. The van der Waals surface area contributed by atoms with E-state index in [-0.39, 0.29) is 17.8 Å². The molecule has 1 saturated carbocycles. The lowest BCUT2D eigenvalue weighted by molar-refractivity contribution is -0.151. The summed E-state index contributed by atoms with van der Waals surface area (Å²) in [5.41, 5.74) is 2.29. The number of ether oxygens (including phenoxy) is 1. The summed E-state index contributed by atoms with van der Waals surface area (Å²) in [7, 11) is 0. The van der Waals surface area contributed by atoms with Crippen molar-refractivity contribution < 1.29 is 9.53 Å². The van der Waals surface area contributed by atoms with E-state index in [0.29, 0.717) is 18.4 Å². The van der Waals surface area contributed by atoms with Crippen LogP contribution in [0.3, 0.4) is 0 Å². The standard InChI is InChI=1S/C21H20O2/c22-21(23-14-15-7-3-1-4-8-15)20-18-12-11-17(13-18)19(20)16-9-5-2-6-10-16/h1-12,17-20H,13-14H2/t17-,18+,19+,20+/m0/s1. The van der Waals surface area contributed by atoms with E-state index in [9.17, 15) is 4.79 Å². The summed E-state index contributed by atoms with van der Waals surface area (Å²) in [6.07, 6.45) is 5.56. The van der Waals surface area contributed by atoms with Crippen molar-refractivity contribution in [3.05, 3.63) is 83.9 Å². The van der Waals surface area contributed by atoms with Gasteiger partial charge in [-0.2, -0.15) is 0 Å². The molecule has 0 aliphatic heterocycles. The van der Waals surface area contributed by atoms with Gasteiger partial charge in [-0.3, -0.25) is 4.79 Å². The van der Waals surface area contributed by atoms with Crippen molar-refractivity contribution in [2.45, 2.75) is 18.9 Å². The molecule has 0 heterocycles. The third-order valence-electron chi connectivity index (χ3n) is 5.14. The van der Waals surface area contributed by atoms with Crippen LogP contribution in [0.15, 0.2) is 72.8 Å². The van der Waals surface area contributed by atoms with E-state index in [2.05, 4.69) is 36.4 Å². The molecule has 2 aliphatic rings. The molecule has 0 spiro atoms. The second-order valence-electron chi connectivity index (χ2n) is 6.50. The summed E-state index contributed by atoms with van der Waals surface area (Å²) in [5.74, 6) is 0.954. The SMILES string of the molecule is O=C(OCc1ccccc1)[C@H]1[C@H](c2ccccc2)[C@H]2C=C[C@@H]1C2. The molecule has 0 N–H and O–H groups in total. The molecule has 0 unspecified atom stereocenters. The van der Waals surface area contributed by atoms with E-state index in [1.54, 1.807) is 0 Å². The Labute approximate surface area is 136 Å². The number of carbonyl (C=O) groups excluding carboxylic acids is 1. The summed E-state index contributed by atoms with van der Waals surface area (Å²) in [6, 6.07) is 20.3. The molecule has 2 bridgehead atoms. The lowest BCUT2D eigenvalue weighted by atomic mass is 9.78. The molecular weight excluding hydrogens is 284 g/mol. The summed E-state index contributed by atoms with van der Waals surface area (Å²) < 4.78 is 5.64. The topological polar surface area (TPSA) is 26.3 Å². The van der Waals surface area contributed by atoms with Crippen molar-refractivity contribution >= 4 is 5.97 Å². The van der Waals surface area contributed by atoms with Gasteiger partial charge in [-0.05, 0) is 29.4 Å². The normalized spacial score (nSPS) is 28.0. The van der Waals surface area contributed by atoms with Gasteiger partial charge >= 0.3 is 5.97 Å². The van der Waals surface area contributed by atoms with Gasteiger partial charge in [0.25, 0.3) is 0 Å². The number of fused-ring (bicyclic) bond motifs is 2. The smallest absolute Gasteiger partial charge is 0.310 e. The van der Waals surface area contributed by atoms with Crippen LogP contribution < -0.4 is 0 Å². The van der Waals surface area contributed by atoms with Gasteiger partial charge in [0.05, 0.1) is 5.92 Å². The zero-order valence-electron chi connectivity index (χ0n) is 13.0. The fraction of sp³-hybridized carbons (Fsp3) is 0.286. The lowest BCUT2D eigenvalue weighted by Gasteiger charge is -2.27. The average Bonchev–Trinajstić information content (AvgIpc) is 3.22. The molecule has 0 saturated heterocycles. The van der Waals surface area contributed by atoms with E-state index in [4.69, 9.17) is 4.74 Å².